The highest BCUT2D eigenvalue weighted by atomic mass is 35.5. The smallest absolute Gasteiger partial charge is 0.257 e. The third kappa shape index (κ3) is 3.94. The molecule has 0 fully saturated rings. The number of ether oxygens (including phenoxy) is 1. The van der Waals surface area contributed by atoms with Crippen molar-refractivity contribution in [1.29, 1.82) is 0 Å². The van der Waals surface area contributed by atoms with E-state index in [2.05, 4.69) is 10.5 Å². The van der Waals surface area contributed by atoms with Crippen molar-refractivity contribution in [3.8, 4) is 17.0 Å². The summed E-state index contributed by atoms with van der Waals surface area (Å²) in [6, 6.07) is 10.3. The van der Waals surface area contributed by atoms with Crippen LogP contribution in [0.15, 0.2) is 45.7 Å². The zero-order chi connectivity index (χ0) is 20.3. The Labute approximate surface area is 166 Å². The number of hydrogen-bond acceptors (Lipinski definition) is 5. The fourth-order valence-electron chi connectivity index (χ4n) is 2.95. The summed E-state index contributed by atoms with van der Waals surface area (Å²) < 4.78 is 11.9. The summed E-state index contributed by atoms with van der Waals surface area (Å²) >= 11 is 6.23. The van der Waals surface area contributed by atoms with Crippen LogP contribution in [0.4, 0.5) is 0 Å². The number of aromatic nitrogens is 2. The number of carbonyl (C=O) groups excluding carboxylic acids is 1. The third-order valence-corrected chi connectivity index (χ3v) is 4.71. The number of benzene rings is 1. The third-order valence-electron chi connectivity index (χ3n) is 4.38. The first-order chi connectivity index (χ1) is 13.4. The summed E-state index contributed by atoms with van der Waals surface area (Å²) in [6.45, 7) is 4.07. The zero-order valence-electron chi connectivity index (χ0n) is 15.8. The van der Waals surface area contributed by atoms with Gasteiger partial charge in [0.15, 0.2) is 0 Å². The maximum atomic E-state index is 12.7. The van der Waals surface area contributed by atoms with Crippen molar-refractivity contribution in [2.45, 2.75) is 20.4 Å². The number of pyridine rings is 1. The standard InChI is InChI=1S/C20H20ClN3O4/c1-12-10-14(27-3)11-17(25)24(12)9-8-22-20(26)18-13(2)28-23-19(18)15-6-4-5-7-16(15)21/h4-7,10-11H,8-9H2,1-3H3,(H,22,26). The molecule has 1 amide bonds. The Balaban J connectivity index is 1.76. The van der Waals surface area contributed by atoms with Crippen LogP contribution in [0.25, 0.3) is 11.3 Å². The summed E-state index contributed by atoms with van der Waals surface area (Å²) in [5, 5.41) is 7.28. The summed E-state index contributed by atoms with van der Waals surface area (Å²) in [5.41, 5.74) is 1.89. The number of methoxy groups -OCH3 is 1. The van der Waals surface area contributed by atoms with Crippen LogP contribution in [-0.2, 0) is 6.54 Å². The Morgan fingerprint density at radius 1 is 1.29 bits per heavy atom. The van der Waals surface area contributed by atoms with Gasteiger partial charge in [0.05, 0.1) is 12.1 Å². The molecule has 1 aromatic carbocycles. The summed E-state index contributed by atoms with van der Waals surface area (Å²) in [5.74, 6) is 0.561. The van der Waals surface area contributed by atoms with E-state index in [-0.39, 0.29) is 18.0 Å². The highest BCUT2D eigenvalue weighted by molar-refractivity contribution is 6.33. The molecule has 28 heavy (non-hydrogen) atoms. The van der Waals surface area contributed by atoms with Crippen LogP contribution in [0.5, 0.6) is 5.75 Å². The highest BCUT2D eigenvalue weighted by Crippen LogP contribution is 2.30. The molecule has 0 unspecified atom stereocenters. The predicted octanol–water partition coefficient (Wildman–Crippen LogP) is 3.21. The van der Waals surface area contributed by atoms with Crippen LogP contribution < -0.4 is 15.6 Å². The Morgan fingerprint density at radius 2 is 2.04 bits per heavy atom. The minimum absolute atomic E-state index is 0.191. The first-order valence-electron chi connectivity index (χ1n) is 8.67. The van der Waals surface area contributed by atoms with Crippen molar-refractivity contribution < 1.29 is 14.1 Å². The molecular formula is C20H20ClN3O4. The van der Waals surface area contributed by atoms with Gasteiger partial charge in [0.25, 0.3) is 11.5 Å². The molecule has 0 aliphatic heterocycles. The van der Waals surface area contributed by atoms with Crippen molar-refractivity contribution in [1.82, 2.24) is 15.0 Å². The molecule has 3 aromatic rings. The van der Waals surface area contributed by atoms with Crippen LogP contribution >= 0.6 is 11.6 Å². The monoisotopic (exact) mass is 401 g/mol. The molecule has 0 atom stereocenters. The molecule has 8 heteroatoms. The lowest BCUT2D eigenvalue weighted by molar-refractivity contribution is 0.0951. The fraction of sp³-hybridized carbons (Fsp3) is 0.250. The van der Waals surface area contributed by atoms with Gasteiger partial charge in [0.2, 0.25) is 0 Å². The van der Waals surface area contributed by atoms with Gasteiger partial charge in [0, 0.05) is 30.4 Å². The van der Waals surface area contributed by atoms with E-state index >= 15 is 0 Å². The molecule has 0 aliphatic carbocycles. The first-order valence-corrected chi connectivity index (χ1v) is 9.05. The van der Waals surface area contributed by atoms with E-state index in [0.717, 1.165) is 5.69 Å². The summed E-state index contributed by atoms with van der Waals surface area (Å²) in [6.07, 6.45) is 0. The second-order valence-electron chi connectivity index (χ2n) is 6.22. The largest absolute Gasteiger partial charge is 0.496 e. The normalized spacial score (nSPS) is 10.7. The van der Waals surface area contributed by atoms with E-state index in [4.69, 9.17) is 20.9 Å². The topological polar surface area (TPSA) is 86.4 Å². The quantitative estimate of drug-likeness (QED) is 0.685. The number of aryl methyl sites for hydroxylation is 2. The lowest BCUT2D eigenvalue weighted by Gasteiger charge is -2.12. The van der Waals surface area contributed by atoms with Crippen LogP contribution in [0.3, 0.4) is 0 Å². The fourth-order valence-corrected chi connectivity index (χ4v) is 3.17. The molecule has 1 N–H and O–H groups in total. The van der Waals surface area contributed by atoms with E-state index < -0.39 is 0 Å². The highest BCUT2D eigenvalue weighted by Gasteiger charge is 2.22. The summed E-state index contributed by atoms with van der Waals surface area (Å²) in [7, 11) is 1.51. The SMILES string of the molecule is COc1cc(C)n(CCNC(=O)c2c(-c3ccccc3Cl)noc2C)c(=O)c1. The number of hydrogen-bond donors (Lipinski definition) is 1. The van der Waals surface area contributed by atoms with Gasteiger partial charge in [-0.15, -0.1) is 0 Å². The lowest BCUT2D eigenvalue weighted by atomic mass is 10.1. The van der Waals surface area contributed by atoms with Gasteiger partial charge >= 0.3 is 0 Å². The number of nitrogens with one attached hydrogen (secondary N) is 1. The van der Waals surface area contributed by atoms with E-state index in [1.165, 1.54) is 13.2 Å². The van der Waals surface area contributed by atoms with Gasteiger partial charge in [-0.1, -0.05) is 35.0 Å². The second kappa shape index (κ2) is 8.31. The number of carbonyl (C=O) groups is 1. The van der Waals surface area contributed by atoms with Crippen LogP contribution in [0.2, 0.25) is 5.02 Å². The van der Waals surface area contributed by atoms with Crippen molar-refractivity contribution in [2.24, 2.45) is 0 Å². The minimum Gasteiger partial charge on any atom is -0.496 e. The van der Waals surface area contributed by atoms with Gasteiger partial charge in [-0.3, -0.25) is 9.59 Å². The van der Waals surface area contributed by atoms with Crippen LogP contribution in [-0.4, -0.2) is 29.3 Å². The number of nitrogens with zero attached hydrogens (tertiary/aromatic N) is 2. The van der Waals surface area contributed by atoms with Gasteiger partial charge in [-0.25, -0.2) is 0 Å². The van der Waals surface area contributed by atoms with Crippen molar-refractivity contribution in [3.63, 3.8) is 0 Å². The zero-order valence-corrected chi connectivity index (χ0v) is 16.5. The molecule has 7 nitrogen and oxygen atoms in total. The van der Waals surface area contributed by atoms with E-state index in [1.807, 2.05) is 13.0 Å². The lowest BCUT2D eigenvalue weighted by Crippen LogP contribution is -2.32. The van der Waals surface area contributed by atoms with Gasteiger partial charge < -0.3 is 19.1 Å². The molecule has 0 radical (unpaired) electrons. The van der Waals surface area contributed by atoms with E-state index in [9.17, 15) is 9.59 Å². The number of halogens is 1. The molecule has 0 saturated carbocycles. The maximum Gasteiger partial charge on any atom is 0.257 e. The molecule has 146 valence electrons. The number of amides is 1. The molecule has 3 rings (SSSR count). The molecule has 2 heterocycles. The molecule has 0 saturated heterocycles. The summed E-state index contributed by atoms with van der Waals surface area (Å²) in [4.78, 5) is 24.9. The van der Waals surface area contributed by atoms with Crippen LogP contribution in [0, 0.1) is 13.8 Å². The van der Waals surface area contributed by atoms with Crippen molar-refractivity contribution >= 4 is 17.5 Å². The Hall–Kier alpha value is -3.06. The van der Waals surface area contributed by atoms with Crippen LogP contribution in [0.1, 0.15) is 21.8 Å². The first kappa shape index (κ1) is 19.7. The van der Waals surface area contributed by atoms with E-state index in [1.54, 1.807) is 35.8 Å². The average molecular weight is 402 g/mol. The van der Waals surface area contributed by atoms with Gasteiger partial charge in [-0.05, 0) is 26.0 Å². The Kier molecular flexibility index (Phi) is 5.84. The Bertz CT molecular complexity index is 1070. The van der Waals surface area contributed by atoms with Crippen molar-refractivity contribution in [2.75, 3.05) is 13.7 Å². The van der Waals surface area contributed by atoms with Crippen molar-refractivity contribution in [3.05, 3.63) is 68.8 Å². The van der Waals surface area contributed by atoms with E-state index in [0.29, 0.717) is 39.9 Å². The molecule has 0 spiro atoms. The predicted molar refractivity (Wildman–Crippen MR) is 106 cm³/mol. The molecule has 0 aliphatic rings. The Morgan fingerprint density at radius 3 is 2.71 bits per heavy atom. The van der Waals surface area contributed by atoms with Gasteiger partial charge in [0.1, 0.15) is 22.8 Å². The minimum atomic E-state index is -0.340. The average Bonchev–Trinajstić information content (AvgIpc) is 3.05. The maximum absolute atomic E-state index is 12.7. The molecule has 0 bridgehead atoms. The molecular weight excluding hydrogens is 382 g/mol. The van der Waals surface area contributed by atoms with Gasteiger partial charge in [-0.2, -0.15) is 0 Å². The number of rotatable bonds is 6. The second-order valence-corrected chi connectivity index (χ2v) is 6.63. The molecule has 2 aromatic heterocycles.